The van der Waals surface area contributed by atoms with Crippen molar-refractivity contribution in [1.82, 2.24) is 15.0 Å². The van der Waals surface area contributed by atoms with E-state index in [1.807, 2.05) is 84.6 Å². The quantitative estimate of drug-likeness (QED) is 0.126. The van der Waals surface area contributed by atoms with Gasteiger partial charge in [-0.25, -0.2) is 0 Å². The van der Waals surface area contributed by atoms with E-state index < -0.39 is 0 Å². The molecule has 0 bridgehead atoms. The predicted octanol–water partition coefficient (Wildman–Crippen LogP) is 35.7. The number of hydrogen-bond donors (Lipinski definition) is 0. The van der Waals surface area contributed by atoms with E-state index in [1.54, 1.807) is 0 Å². The molecule has 2 aliphatic heterocycles. The molecule has 4 aliphatic rings. The van der Waals surface area contributed by atoms with Crippen molar-refractivity contribution in [2.24, 2.45) is 0 Å². The first-order valence-corrected chi connectivity index (χ1v) is 48.2. The van der Waals surface area contributed by atoms with Crippen molar-refractivity contribution in [3.8, 4) is 157 Å². The maximum Gasteiger partial charge on any atom is 0.170 e. The fourth-order valence-corrected chi connectivity index (χ4v) is 23.9. The van der Waals surface area contributed by atoms with E-state index in [2.05, 4.69) is 431 Å². The minimum absolute atomic E-state index is 0.346. The third-order valence-electron chi connectivity index (χ3n) is 27.7. The van der Waals surface area contributed by atoms with Gasteiger partial charge in [-0.05, 0) is 243 Å². The second-order valence-electron chi connectivity index (χ2n) is 35.3. The summed E-state index contributed by atoms with van der Waals surface area (Å²) in [7, 11) is 0. The molecule has 0 unspecified atom stereocenters. The monoisotopic (exact) mass is 1780 g/mol. The van der Waals surface area contributed by atoms with Crippen LogP contribution < -0.4 is 9.47 Å². The number of benzene rings is 21. The van der Waals surface area contributed by atoms with Crippen molar-refractivity contribution in [3.05, 3.63) is 514 Å². The first kappa shape index (κ1) is 80.8. The van der Waals surface area contributed by atoms with Gasteiger partial charge in [0.25, 0.3) is 0 Å². The molecule has 0 atom stereocenters. The summed E-state index contributed by atoms with van der Waals surface area (Å²) in [5.41, 5.74) is 33.4. The van der Waals surface area contributed by atoms with Crippen molar-refractivity contribution >= 4 is 88.2 Å². The van der Waals surface area contributed by atoms with Crippen molar-refractivity contribution in [2.45, 2.75) is 25.0 Å². The molecule has 28 rings (SSSR count). The number of fused-ring (bicyclic) bond motifs is 20. The molecule has 0 fully saturated rings. The first-order valence-electron chi connectivity index (χ1n) is 46.5. The van der Waals surface area contributed by atoms with Gasteiger partial charge in [-0.3, -0.25) is 15.0 Å². The Morgan fingerprint density at radius 2 is 0.423 bits per heavy atom. The van der Waals surface area contributed by atoms with Crippen LogP contribution in [0.1, 0.15) is 22.3 Å². The van der Waals surface area contributed by atoms with Gasteiger partial charge in [-0.2, -0.15) is 0 Å². The number of hydrogen-bond acceptors (Lipinski definition) is 7. The van der Waals surface area contributed by atoms with Crippen LogP contribution in [0.4, 0.5) is 0 Å². The highest BCUT2D eigenvalue weighted by Gasteiger charge is 2.51. The van der Waals surface area contributed by atoms with Gasteiger partial charge in [0.05, 0.1) is 22.5 Å². The Bertz CT molecular complexity index is 8400. The van der Waals surface area contributed by atoms with Gasteiger partial charge in [0.15, 0.2) is 23.0 Å². The van der Waals surface area contributed by atoms with E-state index in [0.717, 1.165) is 62.0 Å². The molecule has 1 spiro atoms. The van der Waals surface area contributed by atoms with Crippen LogP contribution >= 0.6 is 23.5 Å². The molecular formula is C130H81N3O2S2. The maximum absolute atomic E-state index is 6.13. The van der Waals surface area contributed by atoms with Gasteiger partial charge in [0, 0.05) is 71.6 Å². The molecule has 0 radical (unpaired) electrons. The van der Waals surface area contributed by atoms with E-state index in [9.17, 15) is 0 Å². The average Bonchev–Trinajstić information content (AvgIpc) is 1.51. The lowest BCUT2D eigenvalue weighted by Crippen LogP contribution is -2.25. The van der Waals surface area contributed by atoms with Gasteiger partial charge >= 0.3 is 0 Å². The van der Waals surface area contributed by atoms with Crippen LogP contribution in [0.15, 0.2) is 511 Å². The summed E-state index contributed by atoms with van der Waals surface area (Å²) in [4.78, 5) is 20.5. The Labute approximate surface area is 802 Å². The number of ether oxygens (including phenoxy) is 2. The number of rotatable bonds is 10. The lowest BCUT2D eigenvalue weighted by Gasteiger charge is -2.30. The molecule has 0 saturated heterocycles. The third kappa shape index (κ3) is 13.8. The lowest BCUT2D eigenvalue weighted by molar-refractivity contribution is 0.360. The second kappa shape index (κ2) is 33.9. The number of aromatic nitrogens is 3. The summed E-state index contributed by atoms with van der Waals surface area (Å²) < 4.78 is 12.2. The van der Waals surface area contributed by atoms with Crippen LogP contribution in [0.5, 0.6) is 23.0 Å². The Kier molecular flexibility index (Phi) is 20.0. The predicted molar refractivity (Wildman–Crippen MR) is 570 cm³/mol. The lowest BCUT2D eigenvalue weighted by atomic mass is 9.70. The molecule has 5 nitrogen and oxygen atoms in total. The summed E-state index contributed by atoms with van der Waals surface area (Å²) in [5, 5.41) is 14.7. The van der Waals surface area contributed by atoms with Crippen molar-refractivity contribution in [3.63, 3.8) is 0 Å². The van der Waals surface area contributed by atoms with Crippen LogP contribution in [0.2, 0.25) is 0 Å². The third-order valence-corrected chi connectivity index (χ3v) is 30.3. The normalized spacial score (nSPS) is 12.5. The Balaban J connectivity index is 0.000000109. The molecule has 640 valence electrons. The molecule has 0 N–H and O–H groups in total. The van der Waals surface area contributed by atoms with Crippen molar-refractivity contribution in [1.29, 1.82) is 0 Å². The zero-order chi connectivity index (χ0) is 90.4. The maximum atomic E-state index is 6.13. The Morgan fingerprint density at radius 3 is 0.810 bits per heavy atom. The highest BCUT2D eigenvalue weighted by Crippen LogP contribution is 2.64. The zero-order valence-electron chi connectivity index (χ0n) is 74.2. The highest BCUT2D eigenvalue weighted by molar-refractivity contribution is 8.05. The van der Waals surface area contributed by atoms with Gasteiger partial charge in [-0.1, -0.05) is 424 Å². The minimum atomic E-state index is -0.346. The summed E-state index contributed by atoms with van der Waals surface area (Å²) in [6.45, 7) is 0. The van der Waals surface area contributed by atoms with Crippen LogP contribution in [0, 0.1) is 0 Å². The van der Waals surface area contributed by atoms with Crippen LogP contribution in [-0.4, -0.2) is 15.0 Å². The van der Waals surface area contributed by atoms with E-state index in [0.29, 0.717) is 11.5 Å². The topological polar surface area (TPSA) is 57.1 Å². The first-order chi connectivity index (χ1) is 67.9. The summed E-state index contributed by atoms with van der Waals surface area (Å²) in [6, 6.07) is 170. The Hall–Kier alpha value is -17.1. The van der Waals surface area contributed by atoms with Gasteiger partial charge in [-0.15, -0.1) is 0 Å². The highest BCUT2D eigenvalue weighted by atomic mass is 32.2. The SMILES string of the molecule is c1ccc(-c2c3ccccc3c(-c3ccc(-c4ccc(-c5ccc6c(c5)C5(c7ccccc7-c7ccccc75)c5ccccc5-6)cc4)cn3)c3ccccc23)cc1.c1ccc(-c2c3ccccc3c(-c3ccc(-c4ccc5c(c4)Oc4ccccc4O5)cn3)c3ccccc23)cc1.c1ccc(-c2c3ccccc3c(-c3ccc(-c4ccc5c(c4)Sc4ccccc4S5)cn3)c3ccccc23)cc1. The fourth-order valence-electron chi connectivity index (χ4n) is 21.6. The molecule has 5 heterocycles. The van der Waals surface area contributed by atoms with Gasteiger partial charge < -0.3 is 9.47 Å². The molecule has 7 heteroatoms. The van der Waals surface area contributed by atoms with Crippen LogP contribution in [0.3, 0.4) is 0 Å². The molecule has 3 aromatic heterocycles. The standard InChI is InChI=1S/C56H35N.C37H23NO2.C37H23NS2/c1-2-14-38(15-3-1)54-45-19-4-6-21-47(45)55(48-22-7-5-20-46(48)54)53-33-31-40(35-57-53)37-28-26-36(27-29-37)39-30-32-44-43-18-10-13-25-51(43)56(52(44)34-39)49-23-11-8-16-41(49)42-17-9-12-24-50(42)56;2*1-2-10-24(11-3-1)36-27-12-4-6-14-29(27)37(30-15-7-5-13-28(30)36)31-20-18-26(23-38-31)25-19-21-34-35(22-25)40-33-17-9-8-16-32(33)39-34/h1-35H;2*1-23H. The molecular weight excluding hydrogens is 1700 g/mol. The fraction of sp³-hybridized carbons (Fsp3) is 0.00769. The van der Waals surface area contributed by atoms with Crippen LogP contribution in [-0.2, 0) is 5.41 Å². The molecule has 2 aliphatic carbocycles. The Morgan fingerprint density at radius 1 is 0.161 bits per heavy atom. The molecule has 0 amide bonds. The minimum Gasteiger partial charge on any atom is -0.450 e. The number of pyridine rings is 3. The largest absolute Gasteiger partial charge is 0.450 e. The molecule has 0 saturated carbocycles. The number of nitrogens with zero attached hydrogens (tertiary/aromatic N) is 3. The number of para-hydroxylation sites is 2. The van der Waals surface area contributed by atoms with Crippen molar-refractivity contribution < 1.29 is 9.47 Å². The van der Waals surface area contributed by atoms with E-state index in [1.165, 1.54) is 190 Å². The smallest absolute Gasteiger partial charge is 0.170 e. The van der Waals surface area contributed by atoms with Crippen molar-refractivity contribution in [2.75, 3.05) is 0 Å². The van der Waals surface area contributed by atoms with E-state index in [4.69, 9.17) is 24.4 Å². The molecule has 24 aromatic rings. The van der Waals surface area contributed by atoms with Crippen LogP contribution in [0.25, 0.3) is 199 Å². The summed E-state index contributed by atoms with van der Waals surface area (Å²) in [6.07, 6.45) is 6.01. The van der Waals surface area contributed by atoms with E-state index >= 15 is 0 Å². The van der Waals surface area contributed by atoms with Gasteiger partial charge in [0.1, 0.15) is 0 Å². The second-order valence-corrected chi connectivity index (χ2v) is 37.4. The van der Waals surface area contributed by atoms with E-state index in [-0.39, 0.29) is 5.41 Å². The molecule has 21 aromatic carbocycles. The van der Waals surface area contributed by atoms with Gasteiger partial charge in [0.2, 0.25) is 0 Å². The summed E-state index contributed by atoms with van der Waals surface area (Å²) in [5.74, 6) is 2.86. The zero-order valence-corrected chi connectivity index (χ0v) is 75.9. The average molecular weight is 1780 g/mol. The molecule has 137 heavy (non-hydrogen) atoms. The summed E-state index contributed by atoms with van der Waals surface area (Å²) >= 11 is 3.70.